The van der Waals surface area contributed by atoms with Gasteiger partial charge in [-0.15, -0.1) is 0 Å². The van der Waals surface area contributed by atoms with Crippen molar-refractivity contribution >= 4 is 5.91 Å². The fourth-order valence-corrected chi connectivity index (χ4v) is 1.51. The van der Waals surface area contributed by atoms with Crippen molar-refractivity contribution in [3.63, 3.8) is 0 Å². The van der Waals surface area contributed by atoms with Gasteiger partial charge in [0, 0.05) is 12.1 Å². The topological polar surface area (TPSA) is 49.3 Å². The first kappa shape index (κ1) is 15.3. The van der Waals surface area contributed by atoms with Crippen LogP contribution in [0.25, 0.3) is 0 Å². The van der Waals surface area contributed by atoms with Crippen molar-refractivity contribution in [3.05, 3.63) is 35.4 Å². The maximum absolute atomic E-state index is 12.1. The predicted octanol–water partition coefficient (Wildman–Crippen LogP) is 2.05. The minimum atomic E-state index is -0.208. The van der Waals surface area contributed by atoms with E-state index in [9.17, 15) is 4.79 Å². The summed E-state index contributed by atoms with van der Waals surface area (Å²) in [5.41, 5.74) is 1.20. The molecule has 1 aromatic rings. The van der Waals surface area contributed by atoms with Crippen LogP contribution in [0.15, 0.2) is 24.3 Å². The first-order chi connectivity index (χ1) is 9.06. The molecule has 0 aromatic heterocycles. The monoisotopic (exact) mass is 259 g/mol. The third-order valence-corrected chi connectivity index (χ3v) is 3.20. The normalized spacial score (nSPS) is 11.6. The standard InChI is InChI=1S/C16H21NO2/c1-12(2)13(3)11-17-16(19)15-9-5-4-7-14(15)8-6-10-18/h4-5,7,9,12-13,18H,10-11H2,1-3H3,(H,17,19). The van der Waals surface area contributed by atoms with E-state index in [4.69, 9.17) is 5.11 Å². The number of benzene rings is 1. The Morgan fingerprint density at radius 3 is 2.63 bits per heavy atom. The third kappa shape index (κ3) is 4.76. The molecule has 0 heterocycles. The van der Waals surface area contributed by atoms with Crippen LogP contribution in [0.5, 0.6) is 0 Å². The molecule has 2 N–H and O–H groups in total. The number of aliphatic hydroxyl groups excluding tert-OH is 1. The van der Waals surface area contributed by atoms with Crippen molar-refractivity contribution in [1.29, 1.82) is 0 Å². The molecule has 3 nitrogen and oxygen atoms in total. The molecule has 0 aliphatic heterocycles. The Morgan fingerprint density at radius 1 is 1.32 bits per heavy atom. The summed E-state index contributed by atoms with van der Waals surface area (Å²) < 4.78 is 0. The number of hydrogen-bond acceptors (Lipinski definition) is 2. The summed E-state index contributed by atoms with van der Waals surface area (Å²) in [5.74, 6) is 6.21. The van der Waals surface area contributed by atoms with E-state index in [-0.39, 0.29) is 12.5 Å². The zero-order chi connectivity index (χ0) is 14.3. The molecular formula is C16H21NO2. The minimum Gasteiger partial charge on any atom is -0.384 e. The summed E-state index contributed by atoms with van der Waals surface area (Å²) >= 11 is 0. The largest absolute Gasteiger partial charge is 0.384 e. The fraction of sp³-hybridized carbons (Fsp3) is 0.438. The van der Waals surface area contributed by atoms with Gasteiger partial charge in [0.05, 0.1) is 5.56 Å². The SMILES string of the molecule is CC(C)C(C)CNC(=O)c1ccccc1C#CCO. The van der Waals surface area contributed by atoms with E-state index in [2.05, 4.69) is 37.9 Å². The van der Waals surface area contributed by atoms with E-state index in [1.54, 1.807) is 12.1 Å². The molecule has 1 atom stereocenters. The molecule has 0 aliphatic rings. The van der Waals surface area contributed by atoms with Crippen LogP contribution in [-0.4, -0.2) is 24.2 Å². The molecule has 0 radical (unpaired) electrons. The van der Waals surface area contributed by atoms with E-state index in [0.29, 0.717) is 29.5 Å². The molecule has 0 fully saturated rings. The van der Waals surface area contributed by atoms with Gasteiger partial charge in [-0.1, -0.05) is 44.7 Å². The first-order valence-electron chi connectivity index (χ1n) is 6.53. The molecule has 1 rings (SSSR count). The van der Waals surface area contributed by atoms with E-state index < -0.39 is 0 Å². The number of aliphatic hydroxyl groups is 1. The fourth-order valence-electron chi connectivity index (χ4n) is 1.51. The molecule has 0 bridgehead atoms. The second-order valence-corrected chi connectivity index (χ2v) is 4.94. The second kappa shape index (κ2) is 7.60. The van der Waals surface area contributed by atoms with Crippen LogP contribution in [0.2, 0.25) is 0 Å². The molecule has 0 saturated heterocycles. The Labute approximate surface area is 115 Å². The number of hydrogen-bond donors (Lipinski definition) is 2. The summed E-state index contributed by atoms with van der Waals surface area (Å²) in [4.78, 5) is 12.1. The van der Waals surface area contributed by atoms with Gasteiger partial charge in [-0.3, -0.25) is 4.79 Å². The average molecular weight is 259 g/mol. The van der Waals surface area contributed by atoms with Gasteiger partial charge in [0.15, 0.2) is 0 Å². The van der Waals surface area contributed by atoms with Crippen molar-refractivity contribution < 1.29 is 9.90 Å². The van der Waals surface area contributed by atoms with E-state index in [1.807, 2.05) is 12.1 Å². The lowest BCUT2D eigenvalue weighted by atomic mass is 9.98. The van der Waals surface area contributed by atoms with Gasteiger partial charge < -0.3 is 10.4 Å². The van der Waals surface area contributed by atoms with Gasteiger partial charge in [-0.05, 0) is 24.0 Å². The van der Waals surface area contributed by atoms with E-state index >= 15 is 0 Å². The van der Waals surface area contributed by atoms with Crippen molar-refractivity contribution in [2.24, 2.45) is 11.8 Å². The first-order valence-corrected chi connectivity index (χ1v) is 6.53. The van der Waals surface area contributed by atoms with Crippen LogP contribution >= 0.6 is 0 Å². The molecule has 3 heteroatoms. The van der Waals surface area contributed by atoms with Crippen LogP contribution in [0.4, 0.5) is 0 Å². The highest BCUT2D eigenvalue weighted by atomic mass is 16.2. The molecular weight excluding hydrogens is 238 g/mol. The Kier molecular flexibility index (Phi) is 6.11. The number of rotatable bonds is 4. The summed E-state index contributed by atoms with van der Waals surface area (Å²) in [6.07, 6.45) is 0. The van der Waals surface area contributed by atoms with E-state index in [1.165, 1.54) is 0 Å². The third-order valence-electron chi connectivity index (χ3n) is 3.20. The van der Waals surface area contributed by atoms with Crippen LogP contribution in [-0.2, 0) is 0 Å². The van der Waals surface area contributed by atoms with Gasteiger partial charge in [0.25, 0.3) is 5.91 Å². The summed E-state index contributed by atoms with van der Waals surface area (Å²) in [6.45, 7) is 6.83. The van der Waals surface area contributed by atoms with Crippen LogP contribution in [0.3, 0.4) is 0 Å². The lowest BCUT2D eigenvalue weighted by molar-refractivity contribution is 0.0944. The van der Waals surface area contributed by atoms with Gasteiger partial charge in [-0.25, -0.2) is 0 Å². The molecule has 1 aromatic carbocycles. The van der Waals surface area contributed by atoms with Crippen molar-refractivity contribution in [2.45, 2.75) is 20.8 Å². The zero-order valence-corrected chi connectivity index (χ0v) is 11.7. The van der Waals surface area contributed by atoms with E-state index in [0.717, 1.165) is 0 Å². The van der Waals surface area contributed by atoms with Crippen LogP contribution in [0, 0.1) is 23.7 Å². The number of carbonyl (C=O) groups excluding carboxylic acids is 1. The quantitative estimate of drug-likeness (QED) is 0.813. The lowest BCUT2D eigenvalue weighted by Crippen LogP contribution is -2.30. The highest BCUT2D eigenvalue weighted by Crippen LogP contribution is 2.10. The van der Waals surface area contributed by atoms with Crippen molar-refractivity contribution in [3.8, 4) is 11.8 Å². The Bertz CT molecular complexity index is 483. The number of carbonyl (C=O) groups is 1. The molecule has 102 valence electrons. The average Bonchev–Trinajstić information content (AvgIpc) is 2.42. The van der Waals surface area contributed by atoms with Crippen molar-refractivity contribution in [2.75, 3.05) is 13.2 Å². The molecule has 19 heavy (non-hydrogen) atoms. The molecule has 0 saturated carbocycles. The summed E-state index contributed by atoms with van der Waals surface area (Å²) in [5, 5.41) is 11.6. The zero-order valence-electron chi connectivity index (χ0n) is 11.7. The van der Waals surface area contributed by atoms with Crippen LogP contribution < -0.4 is 5.32 Å². The summed E-state index contributed by atoms with van der Waals surface area (Å²) in [6, 6.07) is 7.17. The summed E-state index contributed by atoms with van der Waals surface area (Å²) in [7, 11) is 0. The molecule has 0 spiro atoms. The van der Waals surface area contributed by atoms with Crippen molar-refractivity contribution in [1.82, 2.24) is 5.32 Å². The van der Waals surface area contributed by atoms with Gasteiger partial charge >= 0.3 is 0 Å². The highest BCUT2D eigenvalue weighted by Gasteiger charge is 2.12. The van der Waals surface area contributed by atoms with Gasteiger partial charge in [-0.2, -0.15) is 0 Å². The highest BCUT2D eigenvalue weighted by molar-refractivity contribution is 5.96. The molecule has 1 unspecified atom stereocenters. The number of amides is 1. The smallest absolute Gasteiger partial charge is 0.252 e. The van der Waals surface area contributed by atoms with Gasteiger partial charge in [0.2, 0.25) is 0 Å². The minimum absolute atomic E-state index is 0.115. The maximum Gasteiger partial charge on any atom is 0.252 e. The lowest BCUT2D eigenvalue weighted by Gasteiger charge is -2.16. The Balaban J connectivity index is 2.77. The maximum atomic E-state index is 12.1. The second-order valence-electron chi connectivity index (χ2n) is 4.94. The number of nitrogens with one attached hydrogen (secondary N) is 1. The van der Waals surface area contributed by atoms with Gasteiger partial charge in [0.1, 0.15) is 6.61 Å². The molecule has 0 aliphatic carbocycles. The predicted molar refractivity (Wildman–Crippen MR) is 76.7 cm³/mol. The Hall–Kier alpha value is -1.79. The van der Waals surface area contributed by atoms with Crippen LogP contribution in [0.1, 0.15) is 36.7 Å². The molecule has 1 amide bonds. The Morgan fingerprint density at radius 2 is 2.00 bits per heavy atom.